The summed E-state index contributed by atoms with van der Waals surface area (Å²) < 4.78 is 0. The van der Waals surface area contributed by atoms with Crippen molar-refractivity contribution < 1.29 is 4.79 Å². The van der Waals surface area contributed by atoms with Crippen LogP contribution in [0.15, 0.2) is 0 Å². The van der Waals surface area contributed by atoms with Crippen molar-refractivity contribution in [3.05, 3.63) is 0 Å². The number of nitrogens with two attached hydrogens (primary N) is 1. The Kier molecular flexibility index (Phi) is 8.26. The van der Waals surface area contributed by atoms with E-state index in [-0.39, 0.29) is 17.2 Å². The van der Waals surface area contributed by atoms with Gasteiger partial charge in [-0.15, -0.1) is 0 Å². The van der Waals surface area contributed by atoms with E-state index in [2.05, 4.69) is 51.9 Å². The van der Waals surface area contributed by atoms with E-state index >= 15 is 0 Å². The lowest BCUT2D eigenvalue weighted by Gasteiger charge is -2.25. The maximum Gasteiger partial charge on any atom is 0.224 e. The van der Waals surface area contributed by atoms with Gasteiger partial charge < -0.3 is 16.0 Å². The van der Waals surface area contributed by atoms with Gasteiger partial charge in [-0.2, -0.15) is 0 Å². The highest BCUT2D eigenvalue weighted by Gasteiger charge is 2.23. The molecule has 0 aliphatic rings. The topological polar surface area (TPSA) is 58.4 Å². The monoisotopic (exact) mass is 271 g/mol. The lowest BCUT2D eigenvalue weighted by atomic mass is 9.84. The Morgan fingerprint density at radius 3 is 2.32 bits per heavy atom. The Balaban J connectivity index is 3.95. The molecule has 4 nitrogen and oxygen atoms in total. The van der Waals surface area contributed by atoms with E-state index in [1.165, 1.54) is 0 Å². The van der Waals surface area contributed by atoms with Gasteiger partial charge in [0.05, 0.1) is 5.92 Å². The highest BCUT2D eigenvalue weighted by atomic mass is 16.1. The molecule has 1 amide bonds. The molecule has 1 atom stereocenters. The normalized spacial score (nSPS) is 13.9. The fourth-order valence-corrected chi connectivity index (χ4v) is 1.96. The second kappa shape index (κ2) is 8.54. The molecule has 0 radical (unpaired) electrons. The molecular weight excluding hydrogens is 238 g/mol. The fourth-order valence-electron chi connectivity index (χ4n) is 1.96. The first-order valence-corrected chi connectivity index (χ1v) is 7.35. The van der Waals surface area contributed by atoms with E-state index in [9.17, 15) is 4.79 Å². The van der Waals surface area contributed by atoms with Crippen LogP contribution in [0.5, 0.6) is 0 Å². The first kappa shape index (κ1) is 18.4. The zero-order valence-corrected chi connectivity index (χ0v) is 13.6. The minimum Gasteiger partial charge on any atom is -0.356 e. The van der Waals surface area contributed by atoms with Crippen LogP contribution in [0, 0.1) is 11.3 Å². The highest BCUT2D eigenvalue weighted by Crippen LogP contribution is 2.23. The van der Waals surface area contributed by atoms with Gasteiger partial charge in [0, 0.05) is 19.1 Å². The predicted octanol–water partition coefficient (Wildman–Crippen LogP) is 1.84. The maximum absolute atomic E-state index is 12.0. The van der Waals surface area contributed by atoms with Crippen molar-refractivity contribution in [1.29, 1.82) is 0 Å². The third-order valence-corrected chi connectivity index (χ3v) is 3.38. The van der Waals surface area contributed by atoms with Gasteiger partial charge in [-0.3, -0.25) is 4.79 Å². The molecule has 114 valence electrons. The molecule has 0 aliphatic heterocycles. The van der Waals surface area contributed by atoms with Crippen molar-refractivity contribution in [1.82, 2.24) is 10.2 Å². The quantitative estimate of drug-likeness (QED) is 0.662. The summed E-state index contributed by atoms with van der Waals surface area (Å²) in [6.45, 7) is 12.9. The van der Waals surface area contributed by atoms with Gasteiger partial charge >= 0.3 is 0 Å². The van der Waals surface area contributed by atoms with Gasteiger partial charge in [-0.25, -0.2) is 0 Å². The zero-order valence-electron chi connectivity index (χ0n) is 13.6. The minimum atomic E-state index is -0.0668. The van der Waals surface area contributed by atoms with Gasteiger partial charge in [0.15, 0.2) is 0 Å². The van der Waals surface area contributed by atoms with E-state index in [1.54, 1.807) is 0 Å². The number of nitrogens with one attached hydrogen (secondary N) is 1. The predicted molar refractivity (Wildman–Crippen MR) is 82.0 cm³/mol. The van der Waals surface area contributed by atoms with Gasteiger partial charge in [0.2, 0.25) is 5.91 Å². The van der Waals surface area contributed by atoms with Crippen LogP contribution in [0.3, 0.4) is 0 Å². The number of amides is 1. The van der Waals surface area contributed by atoms with Crippen molar-refractivity contribution in [2.75, 3.05) is 26.7 Å². The Bertz CT molecular complexity index is 259. The number of carbonyl (C=O) groups is 1. The van der Waals surface area contributed by atoms with Gasteiger partial charge in [-0.05, 0) is 45.7 Å². The third-order valence-electron chi connectivity index (χ3n) is 3.38. The first-order valence-electron chi connectivity index (χ1n) is 7.35. The van der Waals surface area contributed by atoms with Crippen LogP contribution in [0.2, 0.25) is 0 Å². The van der Waals surface area contributed by atoms with Crippen molar-refractivity contribution in [3.8, 4) is 0 Å². The van der Waals surface area contributed by atoms with Crippen molar-refractivity contribution in [3.63, 3.8) is 0 Å². The van der Waals surface area contributed by atoms with Crippen LogP contribution in [0.1, 0.15) is 47.5 Å². The average molecular weight is 271 g/mol. The number of carbonyl (C=O) groups excluding carboxylic acids is 1. The largest absolute Gasteiger partial charge is 0.356 e. The molecule has 3 N–H and O–H groups in total. The second-order valence-electron chi connectivity index (χ2n) is 6.92. The molecule has 1 unspecified atom stereocenters. The summed E-state index contributed by atoms with van der Waals surface area (Å²) in [5.74, 6) is 0.0347. The average Bonchev–Trinajstić information content (AvgIpc) is 2.29. The molecule has 0 rings (SSSR count). The molecule has 0 spiro atoms. The molecule has 0 heterocycles. The SMILES string of the molecule is CC(C)N(C)CCCNC(=O)C(CN)CC(C)(C)C. The van der Waals surface area contributed by atoms with Crippen LogP contribution in [-0.2, 0) is 4.79 Å². The Morgan fingerprint density at radius 2 is 1.89 bits per heavy atom. The van der Waals surface area contributed by atoms with E-state index in [0.717, 1.165) is 25.9 Å². The van der Waals surface area contributed by atoms with E-state index in [0.29, 0.717) is 12.6 Å². The highest BCUT2D eigenvalue weighted by molar-refractivity contribution is 5.78. The standard InChI is InChI=1S/C15H33N3O/c1-12(2)18(6)9-7-8-17-14(19)13(11-16)10-15(3,4)5/h12-13H,7-11,16H2,1-6H3,(H,17,19). The fraction of sp³-hybridized carbons (Fsp3) is 0.933. The summed E-state index contributed by atoms with van der Waals surface area (Å²) in [5, 5.41) is 3.00. The molecule has 0 bridgehead atoms. The van der Waals surface area contributed by atoms with Crippen molar-refractivity contribution >= 4 is 5.91 Å². The Morgan fingerprint density at radius 1 is 1.32 bits per heavy atom. The van der Waals surface area contributed by atoms with Crippen LogP contribution < -0.4 is 11.1 Å². The summed E-state index contributed by atoms with van der Waals surface area (Å²) in [6, 6.07) is 0.549. The molecule has 19 heavy (non-hydrogen) atoms. The number of hydrogen-bond donors (Lipinski definition) is 2. The van der Waals surface area contributed by atoms with E-state index in [1.807, 2.05) is 0 Å². The summed E-state index contributed by atoms with van der Waals surface area (Å²) in [6.07, 6.45) is 1.81. The van der Waals surface area contributed by atoms with Crippen LogP contribution in [0.4, 0.5) is 0 Å². The molecule has 0 saturated carbocycles. The van der Waals surface area contributed by atoms with E-state index in [4.69, 9.17) is 5.73 Å². The molecule has 0 aromatic carbocycles. The molecule has 0 aromatic rings. The zero-order chi connectivity index (χ0) is 15.1. The van der Waals surface area contributed by atoms with Gasteiger partial charge in [0.1, 0.15) is 0 Å². The summed E-state index contributed by atoms with van der Waals surface area (Å²) >= 11 is 0. The summed E-state index contributed by atoms with van der Waals surface area (Å²) in [5.41, 5.74) is 5.84. The number of rotatable bonds is 8. The summed E-state index contributed by atoms with van der Waals surface area (Å²) in [4.78, 5) is 14.3. The Hall–Kier alpha value is -0.610. The van der Waals surface area contributed by atoms with Crippen LogP contribution >= 0.6 is 0 Å². The van der Waals surface area contributed by atoms with Crippen LogP contribution in [0.25, 0.3) is 0 Å². The van der Waals surface area contributed by atoms with Gasteiger partial charge in [-0.1, -0.05) is 20.8 Å². The maximum atomic E-state index is 12.0. The number of nitrogens with zero attached hydrogens (tertiary/aromatic N) is 1. The van der Waals surface area contributed by atoms with E-state index < -0.39 is 0 Å². The molecule has 4 heteroatoms. The second-order valence-corrected chi connectivity index (χ2v) is 6.92. The smallest absolute Gasteiger partial charge is 0.224 e. The van der Waals surface area contributed by atoms with Gasteiger partial charge in [0.25, 0.3) is 0 Å². The lowest BCUT2D eigenvalue weighted by Crippen LogP contribution is -2.38. The number of hydrogen-bond acceptors (Lipinski definition) is 3. The molecule has 0 aliphatic carbocycles. The first-order chi connectivity index (χ1) is 8.67. The molecule has 0 aromatic heterocycles. The lowest BCUT2D eigenvalue weighted by molar-refractivity contribution is -0.125. The molecule has 0 saturated heterocycles. The minimum absolute atomic E-state index is 0.0668. The molecular formula is C15H33N3O. The molecule has 0 fully saturated rings. The van der Waals surface area contributed by atoms with Crippen LogP contribution in [-0.4, -0.2) is 43.5 Å². The Labute approximate surface area is 119 Å². The van der Waals surface area contributed by atoms with Crippen molar-refractivity contribution in [2.24, 2.45) is 17.1 Å². The van der Waals surface area contributed by atoms with Crippen molar-refractivity contribution in [2.45, 2.75) is 53.5 Å². The summed E-state index contributed by atoms with van der Waals surface area (Å²) in [7, 11) is 2.11. The third kappa shape index (κ3) is 9.00.